The summed E-state index contributed by atoms with van der Waals surface area (Å²) in [7, 11) is -1.52. The molecule has 42 heavy (non-hydrogen) atoms. The monoisotopic (exact) mass is 584 g/mol. The summed E-state index contributed by atoms with van der Waals surface area (Å²) in [5.41, 5.74) is 2.46. The first-order valence-corrected chi connectivity index (χ1v) is 15.8. The van der Waals surface area contributed by atoms with E-state index in [2.05, 4.69) is 59.5 Å². The zero-order chi connectivity index (χ0) is 28.9. The molecule has 4 aromatic rings. The predicted molar refractivity (Wildman–Crippen MR) is 165 cm³/mol. The highest BCUT2D eigenvalue weighted by atomic mass is 32.2. The quantitative estimate of drug-likeness (QED) is 0.309. The van der Waals surface area contributed by atoms with Gasteiger partial charge in [-0.25, -0.2) is 18.4 Å². The highest BCUT2D eigenvalue weighted by Crippen LogP contribution is 2.29. The van der Waals surface area contributed by atoms with Gasteiger partial charge < -0.3 is 20.4 Å². The Morgan fingerprint density at radius 2 is 1.38 bits per heavy atom. The Labute approximate surface area is 247 Å². The molecule has 0 radical (unpaired) electrons. The standard InChI is InChI=1S/C31H36N8O2S/c1-37-19-21-39(22-20-37)26-15-17-38(18-16-26)25-13-11-24(12-14-25)34-30-32-23-33-31(36-30)35-28-9-5-6-10-29(28)42(40,41)27-7-3-2-4-8-27/h2-14,23,26H,15-22H2,1H3,(H2,32,33,34,35,36). The van der Waals surface area contributed by atoms with Crippen molar-refractivity contribution in [3.63, 3.8) is 0 Å². The van der Waals surface area contributed by atoms with E-state index in [9.17, 15) is 8.42 Å². The van der Waals surface area contributed by atoms with Crippen molar-refractivity contribution in [3.05, 3.63) is 85.2 Å². The van der Waals surface area contributed by atoms with Gasteiger partial charge in [0.25, 0.3) is 0 Å². The fourth-order valence-electron chi connectivity index (χ4n) is 5.63. The SMILES string of the molecule is CN1CCN(C2CCN(c3ccc(Nc4ncnc(Nc5ccccc5S(=O)(=O)c5ccccc5)n4)cc3)CC2)CC1. The molecule has 11 heteroatoms. The number of hydrogen-bond donors (Lipinski definition) is 2. The fraction of sp³-hybridized carbons (Fsp3) is 0.323. The van der Waals surface area contributed by atoms with E-state index in [1.807, 2.05) is 12.1 Å². The lowest BCUT2D eigenvalue weighted by Gasteiger charge is -2.42. The first-order valence-electron chi connectivity index (χ1n) is 14.4. The number of aromatic nitrogens is 3. The lowest BCUT2D eigenvalue weighted by molar-refractivity contribution is 0.0982. The van der Waals surface area contributed by atoms with E-state index in [-0.39, 0.29) is 15.7 Å². The lowest BCUT2D eigenvalue weighted by atomic mass is 10.0. The number of hydrogen-bond acceptors (Lipinski definition) is 10. The van der Waals surface area contributed by atoms with Gasteiger partial charge in [0, 0.05) is 56.7 Å². The van der Waals surface area contributed by atoms with Gasteiger partial charge in [0.1, 0.15) is 6.33 Å². The Morgan fingerprint density at radius 1 is 0.738 bits per heavy atom. The topological polar surface area (TPSA) is 107 Å². The van der Waals surface area contributed by atoms with E-state index in [1.165, 1.54) is 37.9 Å². The van der Waals surface area contributed by atoms with Crippen molar-refractivity contribution in [3.8, 4) is 0 Å². The third kappa shape index (κ3) is 6.38. The van der Waals surface area contributed by atoms with Crippen LogP contribution in [0.1, 0.15) is 12.8 Å². The maximum atomic E-state index is 13.3. The zero-order valence-electron chi connectivity index (χ0n) is 23.7. The number of nitrogens with zero attached hydrogens (tertiary/aromatic N) is 6. The number of benzene rings is 3. The third-order valence-corrected chi connectivity index (χ3v) is 9.88. The molecule has 2 fully saturated rings. The molecular formula is C31H36N8O2S. The van der Waals surface area contributed by atoms with Crippen LogP contribution in [-0.4, -0.2) is 85.5 Å². The molecule has 0 amide bonds. The molecule has 0 bridgehead atoms. The van der Waals surface area contributed by atoms with Crippen molar-refractivity contribution in [1.82, 2.24) is 24.8 Å². The number of piperazine rings is 1. The maximum absolute atomic E-state index is 13.3. The van der Waals surface area contributed by atoms with E-state index in [0.717, 1.165) is 31.9 Å². The molecule has 10 nitrogen and oxygen atoms in total. The molecule has 2 saturated heterocycles. The Bertz CT molecular complexity index is 1590. The second-order valence-corrected chi connectivity index (χ2v) is 12.7. The third-order valence-electron chi connectivity index (χ3n) is 8.06. The number of sulfone groups is 1. The van der Waals surface area contributed by atoms with Gasteiger partial charge in [0.15, 0.2) is 0 Å². The van der Waals surface area contributed by atoms with E-state index in [1.54, 1.807) is 54.6 Å². The average molecular weight is 585 g/mol. The highest BCUT2D eigenvalue weighted by molar-refractivity contribution is 7.91. The van der Waals surface area contributed by atoms with E-state index in [0.29, 0.717) is 17.7 Å². The van der Waals surface area contributed by atoms with Crippen LogP contribution in [0.15, 0.2) is 95.0 Å². The first-order chi connectivity index (χ1) is 20.5. The Hall–Kier alpha value is -4.06. The van der Waals surface area contributed by atoms with Crippen molar-refractivity contribution in [1.29, 1.82) is 0 Å². The van der Waals surface area contributed by atoms with Crippen molar-refractivity contribution >= 4 is 38.8 Å². The van der Waals surface area contributed by atoms with E-state index >= 15 is 0 Å². The number of nitrogens with one attached hydrogen (secondary N) is 2. The number of anilines is 5. The molecule has 2 aliphatic rings. The molecule has 3 heterocycles. The van der Waals surface area contributed by atoms with Crippen LogP contribution in [0.5, 0.6) is 0 Å². The van der Waals surface area contributed by atoms with E-state index in [4.69, 9.17) is 0 Å². The van der Waals surface area contributed by atoms with Gasteiger partial charge in [-0.15, -0.1) is 0 Å². The summed E-state index contributed by atoms with van der Waals surface area (Å²) in [4.78, 5) is 20.8. The highest BCUT2D eigenvalue weighted by Gasteiger charge is 2.27. The van der Waals surface area contributed by atoms with Crippen molar-refractivity contribution in [2.75, 3.05) is 61.8 Å². The summed E-state index contributed by atoms with van der Waals surface area (Å²) in [6.07, 6.45) is 3.78. The van der Waals surface area contributed by atoms with Crippen LogP contribution >= 0.6 is 0 Å². The normalized spacial score (nSPS) is 17.2. The van der Waals surface area contributed by atoms with Gasteiger partial charge in [-0.2, -0.15) is 4.98 Å². The van der Waals surface area contributed by atoms with Gasteiger partial charge in [-0.1, -0.05) is 30.3 Å². The van der Waals surface area contributed by atoms with Crippen molar-refractivity contribution in [2.24, 2.45) is 0 Å². The fourth-order valence-corrected chi connectivity index (χ4v) is 7.06. The molecule has 2 aliphatic heterocycles. The Balaban J connectivity index is 1.09. The van der Waals surface area contributed by atoms with Gasteiger partial charge >= 0.3 is 0 Å². The minimum Gasteiger partial charge on any atom is -0.371 e. The Kier molecular flexibility index (Phi) is 8.31. The van der Waals surface area contributed by atoms with Gasteiger partial charge in [0.05, 0.1) is 15.5 Å². The summed E-state index contributed by atoms with van der Waals surface area (Å²) in [5, 5.41) is 6.30. The predicted octanol–water partition coefficient (Wildman–Crippen LogP) is 4.41. The number of piperidine rings is 1. The maximum Gasteiger partial charge on any atom is 0.232 e. The molecule has 0 spiro atoms. The van der Waals surface area contributed by atoms with Crippen LogP contribution < -0.4 is 15.5 Å². The molecular weight excluding hydrogens is 548 g/mol. The number of para-hydroxylation sites is 1. The molecule has 0 atom stereocenters. The minimum atomic E-state index is -3.73. The van der Waals surface area contributed by atoms with E-state index < -0.39 is 9.84 Å². The van der Waals surface area contributed by atoms with Crippen LogP contribution in [0.25, 0.3) is 0 Å². The molecule has 0 aliphatic carbocycles. The van der Waals surface area contributed by atoms with Crippen molar-refractivity contribution < 1.29 is 8.42 Å². The summed E-state index contributed by atoms with van der Waals surface area (Å²) in [6.45, 7) is 6.81. The summed E-state index contributed by atoms with van der Waals surface area (Å²) >= 11 is 0. The molecule has 2 N–H and O–H groups in total. The first kappa shape index (κ1) is 28.1. The van der Waals surface area contributed by atoms with Gasteiger partial charge in [0.2, 0.25) is 21.7 Å². The molecule has 1 aromatic heterocycles. The van der Waals surface area contributed by atoms with Crippen LogP contribution in [0.3, 0.4) is 0 Å². The Morgan fingerprint density at radius 3 is 2.10 bits per heavy atom. The average Bonchev–Trinajstić information content (AvgIpc) is 3.03. The van der Waals surface area contributed by atoms with Crippen LogP contribution in [0.2, 0.25) is 0 Å². The van der Waals surface area contributed by atoms with Crippen LogP contribution in [0.4, 0.5) is 29.0 Å². The lowest BCUT2D eigenvalue weighted by Crippen LogP contribution is -2.52. The number of rotatable bonds is 8. The molecule has 0 unspecified atom stereocenters. The van der Waals surface area contributed by atoms with Crippen LogP contribution in [0, 0.1) is 0 Å². The van der Waals surface area contributed by atoms with Gasteiger partial charge in [-0.05, 0) is 68.4 Å². The molecule has 3 aromatic carbocycles. The second-order valence-electron chi connectivity index (χ2n) is 10.8. The molecule has 218 valence electrons. The van der Waals surface area contributed by atoms with Gasteiger partial charge in [-0.3, -0.25) is 4.90 Å². The second kappa shape index (κ2) is 12.4. The summed E-state index contributed by atoms with van der Waals surface area (Å²) in [5.74, 6) is 0.597. The number of likely N-dealkylation sites (N-methyl/N-ethyl adjacent to an activating group) is 1. The zero-order valence-corrected chi connectivity index (χ0v) is 24.5. The minimum absolute atomic E-state index is 0.147. The van der Waals surface area contributed by atoms with Crippen LogP contribution in [-0.2, 0) is 9.84 Å². The van der Waals surface area contributed by atoms with Crippen molar-refractivity contribution in [2.45, 2.75) is 28.7 Å². The molecule has 6 rings (SSSR count). The summed E-state index contributed by atoms with van der Waals surface area (Å²) < 4.78 is 26.6. The summed E-state index contributed by atoms with van der Waals surface area (Å²) in [6, 6.07) is 24.1. The largest absolute Gasteiger partial charge is 0.371 e. The molecule has 0 saturated carbocycles. The smallest absolute Gasteiger partial charge is 0.232 e.